The minimum atomic E-state index is -0.201. The highest BCUT2D eigenvalue weighted by atomic mass is 35.5. The van der Waals surface area contributed by atoms with E-state index in [1.165, 1.54) is 17.2 Å². The monoisotopic (exact) mass is 778 g/mol. The molecule has 0 unspecified atom stereocenters. The summed E-state index contributed by atoms with van der Waals surface area (Å²) in [7, 11) is 3.78. The Bertz CT molecular complexity index is 2120. The third-order valence-corrected chi connectivity index (χ3v) is 10.3. The van der Waals surface area contributed by atoms with Crippen LogP contribution in [-0.2, 0) is 13.6 Å². The first-order valence-corrected chi connectivity index (χ1v) is 19.3. The highest BCUT2D eigenvalue weighted by Crippen LogP contribution is 2.31. The summed E-state index contributed by atoms with van der Waals surface area (Å²) in [5, 5.41) is 6.61. The van der Waals surface area contributed by atoms with Gasteiger partial charge in [0.15, 0.2) is 11.6 Å². The summed E-state index contributed by atoms with van der Waals surface area (Å²) in [5.74, 6) is 7.39. The van der Waals surface area contributed by atoms with E-state index in [0.29, 0.717) is 5.56 Å². The van der Waals surface area contributed by atoms with Gasteiger partial charge in [0.1, 0.15) is 17.2 Å². The molecule has 0 atom stereocenters. The van der Waals surface area contributed by atoms with Crippen molar-refractivity contribution in [1.29, 1.82) is 0 Å². The molecule has 14 heteroatoms. The van der Waals surface area contributed by atoms with Gasteiger partial charge in [0, 0.05) is 138 Å². The van der Waals surface area contributed by atoms with Crippen LogP contribution in [-0.4, -0.2) is 110 Å². The van der Waals surface area contributed by atoms with Crippen LogP contribution in [0.4, 0.5) is 16.0 Å². The summed E-state index contributed by atoms with van der Waals surface area (Å²) >= 11 is 6.20. The van der Waals surface area contributed by atoms with Crippen LogP contribution in [0.5, 0.6) is 0 Å². The number of hydrazine groups is 1. The van der Waals surface area contributed by atoms with Crippen molar-refractivity contribution in [2.24, 2.45) is 12.9 Å². The maximum Gasteiger partial charge on any atom is 0.155 e. The molecule has 56 heavy (non-hydrogen) atoms. The quantitative estimate of drug-likeness (QED) is 0.100. The Morgan fingerprint density at radius 1 is 0.804 bits per heavy atom. The highest BCUT2D eigenvalue weighted by Gasteiger charge is 2.23. The fraction of sp³-hybridized carbons (Fsp3) is 0.357. The Morgan fingerprint density at radius 3 is 1.88 bits per heavy atom. The third kappa shape index (κ3) is 10.5. The fourth-order valence-electron chi connectivity index (χ4n) is 7.03. The summed E-state index contributed by atoms with van der Waals surface area (Å²) in [4.78, 5) is 27.8. The third-order valence-electron chi connectivity index (χ3n) is 9.89. The second-order valence-corrected chi connectivity index (χ2v) is 14.7. The molecule has 2 saturated heterocycles. The van der Waals surface area contributed by atoms with E-state index < -0.39 is 0 Å². The maximum absolute atomic E-state index is 13.6. The molecular weight excluding hydrogens is 727 g/mol. The molecule has 0 radical (unpaired) electrons. The number of piperazine rings is 2. The van der Waals surface area contributed by atoms with Crippen molar-refractivity contribution in [3.63, 3.8) is 0 Å². The molecular formula is C42H52ClFN12. The van der Waals surface area contributed by atoms with E-state index in [4.69, 9.17) is 17.4 Å². The second-order valence-electron chi connectivity index (χ2n) is 14.3. The topological polar surface area (TPSA) is 112 Å². The molecule has 2 fully saturated rings. The van der Waals surface area contributed by atoms with Gasteiger partial charge in [-0.05, 0) is 67.8 Å². The van der Waals surface area contributed by atoms with E-state index in [0.717, 1.165) is 110 Å². The SMILES string of the molecule is C/C=C/C(=C\N(C)N)CN1CCN(c2nccnc2-c2ccc(Cl)c(C)c2)CC1.Cc1cc(-c2nccnc2N2CCN(Cc3cnn(C)c3)CC2)ccc1F. The Morgan fingerprint density at radius 2 is 1.36 bits per heavy atom. The number of aromatic nitrogens is 6. The van der Waals surface area contributed by atoms with Crippen molar-refractivity contribution in [3.8, 4) is 22.5 Å². The van der Waals surface area contributed by atoms with Crippen molar-refractivity contribution in [2.75, 3.05) is 75.8 Å². The van der Waals surface area contributed by atoms with Gasteiger partial charge in [0.05, 0.1) is 6.20 Å². The van der Waals surface area contributed by atoms with Crippen molar-refractivity contribution >= 4 is 23.2 Å². The van der Waals surface area contributed by atoms with Gasteiger partial charge in [-0.25, -0.2) is 20.2 Å². The van der Waals surface area contributed by atoms with Gasteiger partial charge in [-0.15, -0.1) is 0 Å². The molecule has 7 rings (SSSR count). The summed E-state index contributed by atoms with van der Waals surface area (Å²) in [6.45, 7) is 15.0. The number of rotatable bonds is 10. The highest BCUT2D eigenvalue weighted by molar-refractivity contribution is 6.31. The van der Waals surface area contributed by atoms with Gasteiger partial charge >= 0.3 is 0 Å². The van der Waals surface area contributed by atoms with E-state index in [1.54, 1.807) is 42.8 Å². The number of allylic oxidation sites excluding steroid dienone is 1. The van der Waals surface area contributed by atoms with Crippen LogP contribution >= 0.6 is 11.6 Å². The van der Waals surface area contributed by atoms with Crippen LogP contribution in [0.1, 0.15) is 23.6 Å². The maximum atomic E-state index is 13.6. The predicted molar refractivity (Wildman–Crippen MR) is 224 cm³/mol. The lowest BCUT2D eigenvalue weighted by molar-refractivity contribution is 0.249. The largest absolute Gasteiger partial charge is 0.352 e. The summed E-state index contributed by atoms with van der Waals surface area (Å²) in [5.41, 5.74) is 7.73. The average molecular weight is 779 g/mol. The first kappa shape index (κ1) is 40.5. The first-order chi connectivity index (χ1) is 27.1. The minimum Gasteiger partial charge on any atom is -0.352 e. The predicted octanol–water partition coefficient (Wildman–Crippen LogP) is 6.14. The number of halogens is 2. The molecule has 0 amide bonds. The van der Waals surface area contributed by atoms with E-state index in [2.05, 4.69) is 63.0 Å². The van der Waals surface area contributed by atoms with Gasteiger partial charge in [-0.3, -0.25) is 24.4 Å². The van der Waals surface area contributed by atoms with Crippen LogP contribution in [0.3, 0.4) is 0 Å². The van der Waals surface area contributed by atoms with Gasteiger partial charge in [0.25, 0.3) is 0 Å². The van der Waals surface area contributed by atoms with Crippen molar-refractivity contribution in [2.45, 2.75) is 27.3 Å². The molecule has 0 saturated carbocycles. The lowest BCUT2D eigenvalue weighted by atomic mass is 10.1. The lowest BCUT2D eigenvalue weighted by Gasteiger charge is -2.36. The molecule has 2 aliphatic rings. The van der Waals surface area contributed by atoms with Gasteiger partial charge < -0.3 is 14.8 Å². The molecule has 5 heterocycles. The zero-order valence-corrected chi connectivity index (χ0v) is 33.7. The zero-order valence-electron chi connectivity index (χ0n) is 33.0. The fourth-order valence-corrected chi connectivity index (χ4v) is 7.15. The van der Waals surface area contributed by atoms with E-state index in [1.807, 2.05) is 69.3 Å². The van der Waals surface area contributed by atoms with E-state index >= 15 is 0 Å². The van der Waals surface area contributed by atoms with Gasteiger partial charge in [0.2, 0.25) is 0 Å². The standard InChI is InChI=1S/C22H29ClN6.C20H23FN6/c1-4-5-18(15-27(3)24)16-28-10-12-29(13-11-28)22-21(25-8-9-26-22)19-6-7-20(23)17(2)14-19;1-15-11-17(3-4-18(15)21)19-20(23-6-5-22-19)27-9-7-26(8-10-27)14-16-12-24-25(2)13-16/h4-9,14-15H,10-13,16,24H2,1-3H3;3-6,11-13H,7-10,14H2,1-2H3/b5-4+,18-15+;. The number of aryl methyl sites for hydroxylation is 3. The number of anilines is 2. The van der Waals surface area contributed by atoms with Crippen LogP contribution < -0.4 is 15.6 Å². The lowest BCUT2D eigenvalue weighted by Crippen LogP contribution is -2.47. The number of nitrogens with zero attached hydrogens (tertiary/aromatic N) is 11. The summed E-state index contributed by atoms with van der Waals surface area (Å²) in [6.07, 6.45) is 17.0. The number of hydrogen-bond donors (Lipinski definition) is 1. The Hall–Kier alpha value is -5.21. The van der Waals surface area contributed by atoms with Gasteiger partial charge in [-0.2, -0.15) is 5.10 Å². The van der Waals surface area contributed by atoms with Crippen LogP contribution in [0, 0.1) is 19.7 Å². The average Bonchev–Trinajstić information content (AvgIpc) is 3.61. The van der Waals surface area contributed by atoms with E-state index in [9.17, 15) is 4.39 Å². The molecule has 0 bridgehead atoms. The normalized spacial score (nSPS) is 15.6. The van der Waals surface area contributed by atoms with Crippen LogP contribution in [0.15, 0.2) is 97.5 Å². The molecule has 2 aromatic carbocycles. The van der Waals surface area contributed by atoms with Crippen molar-refractivity contribution in [3.05, 3.63) is 125 Å². The van der Waals surface area contributed by atoms with Gasteiger partial charge in [-0.1, -0.05) is 29.8 Å². The van der Waals surface area contributed by atoms with Crippen molar-refractivity contribution < 1.29 is 4.39 Å². The molecule has 294 valence electrons. The molecule has 0 aliphatic carbocycles. The number of benzene rings is 2. The summed E-state index contributed by atoms with van der Waals surface area (Å²) in [6, 6.07) is 11.1. The zero-order chi connectivity index (χ0) is 39.6. The number of hydrogen-bond acceptors (Lipinski definition) is 11. The second kappa shape index (κ2) is 19.1. The van der Waals surface area contributed by atoms with Crippen LogP contribution in [0.2, 0.25) is 5.02 Å². The molecule has 2 N–H and O–H groups in total. The van der Waals surface area contributed by atoms with Crippen molar-refractivity contribution in [1.82, 2.24) is 44.5 Å². The smallest absolute Gasteiger partial charge is 0.155 e. The minimum absolute atomic E-state index is 0.201. The molecule has 3 aromatic heterocycles. The molecule has 5 aromatic rings. The number of nitrogens with two attached hydrogens (primary N) is 1. The Kier molecular flexibility index (Phi) is 13.8. The van der Waals surface area contributed by atoms with Crippen LogP contribution in [0.25, 0.3) is 22.5 Å². The Balaban J connectivity index is 0.000000190. The molecule has 0 spiro atoms. The van der Waals surface area contributed by atoms with E-state index in [-0.39, 0.29) is 5.82 Å². The molecule has 2 aliphatic heterocycles. The first-order valence-electron chi connectivity index (χ1n) is 19.0. The summed E-state index contributed by atoms with van der Waals surface area (Å²) < 4.78 is 15.5. The Labute approximate surface area is 334 Å². The molecule has 12 nitrogen and oxygen atoms in total.